The fourth-order valence-corrected chi connectivity index (χ4v) is 3.66. The average molecular weight is 240 g/mol. The van der Waals surface area contributed by atoms with E-state index in [0.29, 0.717) is 0 Å². The molecule has 0 saturated heterocycles. The van der Waals surface area contributed by atoms with Crippen LogP contribution in [0.3, 0.4) is 0 Å². The fourth-order valence-electron chi connectivity index (χ4n) is 3.66. The number of hydrogen-bond acceptors (Lipinski definition) is 0. The third-order valence-electron chi connectivity index (χ3n) is 4.34. The molecule has 0 saturated carbocycles. The molecule has 0 fully saturated rings. The first-order valence-corrected chi connectivity index (χ1v) is 6.85. The molecule has 1 aliphatic carbocycles. The van der Waals surface area contributed by atoms with Gasteiger partial charge in [0.15, 0.2) is 0 Å². The molecule has 18 heavy (non-hydrogen) atoms. The smallest absolute Gasteiger partial charge is 0.0182 e. The summed E-state index contributed by atoms with van der Waals surface area (Å²) in [6.07, 6.45) is 7.86. The normalized spacial score (nSPS) is 26.6. The lowest BCUT2D eigenvalue weighted by Gasteiger charge is -2.29. The van der Waals surface area contributed by atoms with Gasteiger partial charge in [-0.15, -0.1) is 0 Å². The first kappa shape index (κ1) is 13.1. The summed E-state index contributed by atoms with van der Waals surface area (Å²) < 4.78 is 0. The topological polar surface area (TPSA) is 0 Å². The highest BCUT2D eigenvalue weighted by atomic mass is 14.5. The van der Waals surface area contributed by atoms with Crippen molar-refractivity contribution in [3.8, 4) is 0 Å². The molecule has 0 heteroatoms. The van der Waals surface area contributed by atoms with Gasteiger partial charge in [-0.25, -0.2) is 0 Å². The Morgan fingerprint density at radius 3 is 2.22 bits per heavy atom. The summed E-state index contributed by atoms with van der Waals surface area (Å²) in [5.74, 6) is 0. The molecule has 1 aliphatic rings. The van der Waals surface area contributed by atoms with Gasteiger partial charge < -0.3 is 0 Å². The van der Waals surface area contributed by atoms with Crippen molar-refractivity contribution in [1.82, 2.24) is 0 Å². The highest BCUT2D eigenvalue weighted by molar-refractivity contribution is 5.52. The van der Waals surface area contributed by atoms with Crippen molar-refractivity contribution in [2.75, 3.05) is 0 Å². The molecule has 1 aromatic carbocycles. The largest absolute Gasteiger partial charge is 0.0874 e. The summed E-state index contributed by atoms with van der Waals surface area (Å²) in [6.45, 7) is 11.4. The van der Waals surface area contributed by atoms with E-state index in [1.165, 1.54) is 23.1 Å². The third-order valence-corrected chi connectivity index (χ3v) is 4.34. The molecule has 0 bridgehead atoms. The molecule has 0 aliphatic heterocycles. The molecular formula is C18H24. The van der Waals surface area contributed by atoms with E-state index in [4.69, 9.17) is 0 Å². The molecule has 0 heterocycles. The summed E-state index contributed by atoms with van der Waals surface area (Å²) in [5.41, 5.74) is 4.86. The van der Waals surface area contributed by atoms with Crippen LogP contribution in [0, 0.1) is 0 Å². The Balaban J connectivity index is 2.62. The minimum atomic E-state index is 0.154. The van der Waals surface area contributed by atoms with Gasteiger partial charge >= 0.3 is 0 Å². The predicted octanol–water partition coefficient (Wildman–Crippen LogP) is 5.15. The summed E-state index contributed by atoms with van der Waals surface area (Å²) in [5, 5.41) is 0. The van der Waals surface area contributed by atoms with E-state index in [1.807, 2.05) is 0 Å². The van der Waals surface area contributed by atoms with Crippen LogP contribution in [0.1, 0.15) is 52.2 Å². The van der Waals surface area contributed by atoms with E-state index in [2.05, 4.69) is 77.1 Å². The minimum absolute atomic E-state index is 0.154. The van der Waals surface area contributed by atoms with Crippen molar-refractivity contribution in [3.05, 3.63) is 59.2 Å². The third kappa shape index (κ3) is 1.84. The van der Waals surface area contributed by atoms with Crippen LogP contribution in [0.15, 0.2) is 48.1 Å². The second-order valence-corrected chi connectivity index (χ2v) is 6.18. The second-order valence-electron chi connectivity index (χ2n) is 6.18. The van der Waals surface area contributed by atoms with Gasteiger partial charge in [0.25, 0.3) is 0 Å². The van der Waals surface area contributed by atoms with Crippen LogP contribution in [-0.4, -0.2) is 0 Å². The Kier molecular flexibility index (Phi) is 3.23. The number of rotatable bonds is 2. The monoisotopic (exact) mass is 240 g/mol. The maximum atomic E-state index is 2.38. The molecule has 0 radical (unpaired) electrons. The number of hydrogen-bond donors (Lipinski definition) is 0. The molecule has 1 atom stereocenters. The Morgan fingerprint density at radius 1 is 1.06 bits per heavy atom. The maximum absolute atomic E-state index is 2.38. The van der Waals surface area contributed by atoms with E-state index in [-0.39, 0.29) is 10.8 Å². The molecular weight excluding hydrogens is 216 g/mol. The molecule has 2 rings (SSSR count). The van der Waals surface area contributed by atoms with Crippen LogP contribution in [-0.2, 0) is 10.8 Å². The lowest BCUT2D eigenvalue weighted by Crippen LogP contribution is -2.23. The fraction of sp³-hybridized carbons (Fsp3) is 0.444. The molecule has 0 amide bonds. The van der Waals surface area contributed by atoms with E-state index in [9.17, 15) is 0 Å². The zero-order valence-corrected chi connectivity index (χ0v) is 12.2. The van der Waals surface area contributed by atoms with E-state index in [0.717, 1.165) is 0 Å². The van der Waals surface area contributed by atoms with Crippen molar-refractivity contribution < 1.29 is 0 Å². The predicted molar refractivity (Wildman–Crippen MR) is 80.0 cm³/mol. The first-order valence-electron chi connectivity index (χ1n) is 6.85. The molecule has 1 aromatic rings. The standard InChI is InChI=1S/C18H24/c1-6-10-14(7-2)18(5)13-17(3,4)15-11-8-9-12-16(15)18/h6-12H,13H2,1-5H3/b10-6-,14-7+. The number of allylic oxidation sites excluding steroid dienone is 4. The minimum Gasteiger partial charge on any atom is -0.0874 e. The van der Waals surface area contributed by atoms with Crippen LogP contribution in [0.5, 0.6) is 0 Å². The molecule has 0 N–H and O–H groups in total. The molecule has 0 spiro atoms. The second kappa shape index (κ2) is 4.42. The summed E-state index contributed by atoms with van der Waals surface area (Å²) in [6, 6.07) is 8.93. The lowest BCUT2D eigenvalue weighted by atomic mass is 9.74. The van der Waals surface area contributed by atoms with E-state index >= 15 is 0 Å². The van der Waals surface area contributed by atoms with Crippen LogP contribution in [0.2, 0.25) is 0 Å². The maximum Gasteiger partial charge on any atom is 0.0182 e. The van der Waals surface area contributed by atoms with Gasteiger partial charge in [0.2, 0.25) is 0 Å². The van der Waals surface area contributed by atoms with E-state index < -0.39 is 0 Å². The van der Waals surface area contributed by atoms with Crippen LogP contribution in [0.25, 0.3) is 0 Å². The Labute approximate surface area is 111 Å². The van der Waals surface area contributed by atoms with Gasteiger partial charge in [0.05, 0.1) is 0 Å². The Bertz CT molecular complexity index is 503. The molecule has 96 valence electrons. The van der Waals surface area contributed by atoms with Crippen molar-refractivity contribution in [2.24, 2.45) is 0 Å². The van der Waals surface area contributed by atoms with Gasteiger partial charge in [-0.3, -0.25) is 0 Å². The molecule has 0 nitrogen and oxygen atoms in total. The molecule has 0 aromatic heterocycles. The van der Waals surface area contributed by atoms with Crippen molar-refractivity contribution in [3.63, 3.8) is 0 Å². The van der Waals surface area contributed by atoms with Crippen molar-refractivity contribution in [1.29, 1.82) is 0 Å². The van der Waals surface area contributed by atoms with Crippen molar-refractivity contribution in [2.45, 2.75) is 51.9 Å². The van der Waals surface area contributed by atoms with Crippen LogP contribution >= 0.6 is 0 Å². The Hall–Kier alpha value is -1.30. The summed E-state index contributed by atoms with van der Waals surface area (Å²) >= 11 is 0. The first-order chi connectivity index (χ1) is 8.45. The zero-order chi connectivity index (χ0) is 13.4. The quantitative estimate of drug-likeness (QED) is 0.627. The van der Waals surface area contributed by atoms with Crippen molar-refractivity contribution >= 4 is 0 Å². The average Bonchev–Trinajstić information content (AvgIpc) is 2.55. The highest BCUT2D eigenvalue weighted by Crippen LogP contribution is 2.52. The Morgan fingerprint density at radius 2 is 1.67 bits per heavy atom. The van der Waals surface area contributed by atoms with Gasteiger partial charge in [-0.05, 0) is 42.4 Å². The number of fused-ring (bicyclic) bond motifs is 1. The summed E-state index contributed by atoms with van der Waals surface area (Å²) in [4.78, 5) is 0. The van der Waals surface area contributed by atoms with Gasteiger partial charge in [0.1, 0.15) is 0 Å². The SMILES string of the molecule is C/C=C\C(=C/C)C1(C)CC(C)(C)c2ccccc21. The highest BCUT2D eigenvalue weighted by Gasteiger charge is 2.45. The van der Waals surface area contributed by atoms with Crippen LogP contribution in [0.4, 0.5) is 0 Å². The van der Waals surface area contributed by atoms with Gasteiger partial charge in [0, 0.05) is 5.41 Å². The lowest BCUT2D eigenvalue weighted by molar-refractivity contribution is 0.424. The van der Waals surface area contributed by atoms with Gasteiger partial charge in [-0.2, -0.15) is 0 Å². The number of benzene rings is 1. The molecule has 1 unspecified atom stereocenters. The summed E-state index contributed by atoms with van der Waals surface area (Å²) in [7, 11) is 0. The van der Waals surface area contributed by atoms with Crippen LogP contribution < -0.4 is 0 Å². The van der Waals surface area contributed by atoms with Gasteiger partial charge in [-0.1, -0.05) is 63.3 Å². The zero-order valence-electron chi connectivity index (χ0n) is 12.2. The van der Waals surface area contributed by atoms with E-state index in [1.54, 1.807) is 0 Å².